The van der Waals surface area contributed by atoms with E-state index in [1.807, 2.05) is 60.7 Å². The van der Waals surface area contributed by atoms with Crippen LogP contribution in [0.2, 0.25) is 5.15 Å². The number of nitrogens with one attached hydrogen (secondary N) is 1. The molecule has 12 heteroatoms. The van der Waals surface area contributed by atoms with E-state index in [0.717, 1.165) is 38.7 Å². The van der Waals surface area contributed by atoms with Crippen molar-refractivity contribution in [3.8, 4) is 34.3 Å². The molecule has 0 spiro atoms. The fraction of sp³-hybridized carbons (Fsp3) is 0.135. The summed E-state index contributed by atoms with van der Waals surface area (Å²) in [5.74, 6) is 2.62. The molecule has 248 valence electrons. The van der Waals surface area contributed by atoms with Crippen molar-refractivity contribution in [2.24, 2.45) is 0 Å². The van der Waals surface area contributed by atoms with Crippen molar-refractivity contribution in [3.63, 3.8) is 0 Å². The molecule has 10 nitrogen and oxygen atoms in total. The molecule has 0 bridgehead atoms. The van der Waals surface area contributed by atoms with Gasteiger partial charge in [-0.2, -0.15) is 0 Å². The zero-order valence-corrected chi connectivity index (χ0v) is 27.9. The summed E-state index contributed by atoms with van der Waals surface area (Å²) < 4.78 is 24.6. The Balaban J connectivity index is 0.000000179. The minimum atomic E-state index is -0.356. The fourth-order valence-electron chi connectivity index (χ4n) is 4.47. The minimum Gasteiger partial charge on any atom is -0.497 e. The standard InChI is InChI=1S/C20H15FN4O.C14H10ClN3O.C3H8O/c1-26-14-8-9-17-15(11-14)20(24-18-7-3-2-6-16(18)21)25-19(23-17)13-5-4-10-22-12-13;1-19-10-4-5-12-11(7-10)13(15)18-14(17-12)9-3-2-6-16-8-9;1-3(2)4/h2-12H,1H3,(H,23,24,25);2-8H,1H3;3-4H,1-2H3. The van der Waals surface area contributed by atoms with Gasteiger partial charge in [0.05, 0.1) is 30.9 Å². The minimum absolute atomic E-state index is 0.167. The van der Waals surface area contributed by atoms with Gasteiger partial charge < -0.3 is 19.9 Å². The summed E-state index contributed by atoms with van der Waals surface area (Å²) in [6.45, 7) is 3.44. The molecular weight excluding hydrogens is 645 g/mol. The number of methoxy groups -OCH3 is 2. The number of hydrogen-bond donors (Lipinski definition) is 2. The van der Waals surface area contributed by atoms with Crippen LogP contribution in [0.5, 0.6) is 11.5 Å². The summed E-state index contributed by atoms with van der Waals surface area (Å²) >= 11 is 6.21. The van der Waals surface area contributed by atoms with Gasteiger partial charge in [0.25, 0.3) is 0 Å². The number of para-hydroxylation sites is 1. The molecule has 49 heavy (non-hydrogen) atoms. The number of hydrogen-bond acceptors (Lipinski definition) is 10. The van der Waals surface area contributed by atoms with Crippen molar-refractivity contribution < 1.29 is 19.0 Å². The highest BCUT2D eigenvalue weighted by molar-refractivity contribution is 6.34. The highest BCUT2D eigenvalue weighted by Gasteiger charge is 2.13. The van der Waals surface area contributed by atoms with Gasteiger partial charge in [-0.05, 0) is 86.6 Å². The van der Waals surface area contributed by atoms with E-state index in [2.05, 4.69) is 35.2 Å². The van der Waals surface area contributed by atoms with E-state index < -0.39 is 0 Å². The van der Waals surface area contributed by atoms with Gasteiger partial charge in [0.1, 0.15) is 28.3 Å². The lowest BCUT2D eigenvalue weighted by Gasteiger charge is -2.12. The van der Waals surface area contributed by atoms with E-state index in [0.29, 0.717) is 34.1 Å². The maximum atomic E-state index is 14.1. The number of ether oxygens (including phenoxy) is 2. The zero-order chi connectivity index (χ0) is 34.8. The summed E-state index contributed by atoms with van der Waals surface area (Å²) in [7, 11) is 3.20. The number of fused-ring (bicyclic) bond motifs is 2. The molecular formula is C37H33ClFN7O3. The number of halogens is 2. The van der Waals surface area contributed by atoms with Crippen molar-refractivity contribution in [1.29, 1.82) is 0 Å². The summed E-state index contributed by atoms with van der Waals surface area (Å²) in [6, 6.07) is 24.9. The Bertz CT molecular complexity index is 2150. The Hall–Kier alpha value is -5.78. The Morgan fingerprint density at radius 3 is 1.76 bits per heavy atom. The van der Waals surface area contributed by atoms with Crippen LogP contribution in [-0.4, -0.2) is 55.3 Å². The first-order chi connectivity index (χ1) is 23.7. The SMILES string of the molecule is CC(C)O.COc1ccc2nc(-c3cccnc3)nc(Cl)c2c1.COc1ccc2nc(-c3cccnc3)nc(Nc3ccccc3F)c2c1. The normalized spacial score (nSPS) is 10.5. The topological polar surface area (TPSA) is 128 Å². The van der Waals surface area contributed by atoms with Gasteiger partial charge in [-0.25, -0.2) is 24.3 Å². The lowest BCUT2D eigenvalue weighted by Crippen LogP contribution is -2.01. The first-order valence-corrected chi connectivity index (χ1v) is 15.5. The van der Waals surface area contributed by atoms with Crippen molar-refractivity contribution in [1.82, 2.24) is 29.9 Å². The van der Waals surface area contributed by atoms with E-state index in [9.17, 15) is 4.39 Å². The molecule has 0 saturated carbocycles. The van der Waals surface area contributed by atoms with Crippen LogP contribution in [-0.2, 0) is 0 Å². The molecule has 0 atom stereocenters. The molecule has 0 radical (unpaired) electrons. The smallest absolute Gasteiger partial charge is 0.163 e. The van der Waals surface area contributed by atoms with E-state index >= 15 is 0 Å². The van der Waals surface area contributed by atoms with Crippen molar-refractivity contribution in [3.05, 3.63) is 121 Å². The maximum Gasteiger partial charge on any atom is 0.163 e. The summed E-state index contributed by atoms with van der Waals surface area (Å²) in [5.41, 5.74) is 3.45. The molecule has 7 aromatic rings. The highest BCUT2D eigenvalue weighted by atomic mass is 35.5. The van der Waals surface area contributed by atoms with Gasteiger partial charge in [-0.3, -0.25) is 9.97 Å². The molecule has 0 fully saturated rings. The van der Waals surface area contributed by atoms with Gasteiger partial charge in [-0.1, -0.05) is 23.7 Å². The molecule has 4 aromatic heterocycles. The second-order valence-electron chi connectivity index (χ2n) is 10.7. The van der Waals surface area contributed by atoms with Crippen LogP contribution in [0.3, 0.4) is 0 Å². The average Bonchev–Trinajstić information content (AvgIpc) is 3.13. The number of aliphatic hydroxyl groups excluding tert-OH is 1. The molecule has 0 aliphatic carbocycles. The third kappa shape index (κ3) is 8.98. The molecule has 0 amide bonds. The lowest BCUT2D eigenvalue weighted by molar-refractivity contribution is 0.216. The van der Waals surface area contributed by atoms with Gasteiger partial charge >= 0.3 is 0 Å². The Morgan fingerprint density at radius 1 is 0.694 bits per heavy atom. The van der Waals surface area contributed by atoms with Crippen LogP contribution in [0.4, 0.5) is 15.9 Å². The Morgan fingerprint density at radius 2 is 1.22 bits per heavy atom. The summed E-state index contributed by atoms with van der Waals surface area (Å²) in [5, 5.41) is 13.0. The Kier molecular flexibility index (Phi) is 11.5. The van der Waals surface area contributed by atoms with E-state index in [1.165, 1.54) is 6.07 Å². The third-order valence-electron chi connectivity index (χ3n) is 6.73. The molecule has 0 saturated heterocycles. The molecule has 7 rings (SSSR count). The highest BCUT2D eigenvalue weighted by Crippen LogP contribution is 2.31. The van der Waals surface area contributed by atoms with Crippen LogP contribution < -0.4 is 14.8 Å². The second kappa shape index (κ2) is 16.4. The Labute approximate surface area is 287 Å². The molecule has 0 aliphatic heterocycles. The first-order valence-electron chi connectivity index (χ1n) is 15.1. The third-order valence-corrected chi connectivity index (χ3v) is 7.01. The van der Waals surface area contributed by atoms with Crippen LogP contribution in [0.1, 0.15) is 13.8 Å². The number of nitrogens with zero attached hydrogens (tertiary/aromatic N) is 6. The van der Waals surface area contributed by atoms with Crippen LogP contribution in [0.25, 0.3) is 44.6 Å². The molecule has 0 unspecified atom stereocenters. The lowest BCUT2D eigenvalue weighted by atomic mass is 10.2. The van der Waals surface area contributed by atoms with Crippen molar-refractivity contribution in [2.45, 2.75) is 20.0 Å². The zero-order valence-electron chi connectivity index (χ0n) is 27.2. The monoisotopic (exact) mass is 677 g/mol. The number of aliphatic hydroxyl groups is 1. The second-order valence-corrected chi connectivity index (χ2v) is 11.0. The fourth-order valence-corrected chi connectivity index (χ4v) is 4.70. The van der Waals surface area contributed by atoms with Crippen molar-refractivity contribution >= 4 is 44.9 Å². The van der Waals surface area contributed by atoms with Crippen LogP contribution in [0, 0.1) is 5.82 Å². The number of benzene rings is 3. The maximum absolute atomic E-state index is 14.1. The van der Waals surface area contributed by atoms with E-state index in [4.69, 9.17) is 26.2 Å². The average molecular weight is 678 g/mol. The number of anilines is 2. The predicted octanol–water partition coefficient (Wildman–Crippen LogP) is 8.32. The van der Waals surface area contributed by atoms with E-state index in [1.54, 1.807) is 71.1 Å². The van der Waals surface area contributed by atoms with Gasteiger partial charge in [0, 0.05) is 52.8 Å². The van der Waals surface area contributed by atoms with Gasteiger partial charge in [0.15, 0.2) is 11.6 Å². The van der Waals surface area contributed by atoms with E-state index in [-0.39, 0.29) is 11.9 Å². The predicted molar refractivity (Wildman–Crippen MR) is 191 cm³/mol. The van der Waals surface area contributed by atoms with Crippen LogP contribution in [0.15, 0.2) is 110 Å². The number of rotatable bonds is 6. The summed E-state index contributed by atoms with van der Waals surface area (Å²) in [4.78, 5) is 26.2. The largest absolute Gasteiger partial charge is 0.497 e. The first kappa shape index (κ1) is 34.6. The molecule has 3 aromatic carbocycles. The number of pyridine rings is 2. The van der Waals surface area contributed by atoms with Crippen molar-refractivity contribution in [2.75, 3.05) is 19.5 Å². The van der Waals surface area contributed by atoms with Gasteiger partial charge in [0.2, 0.25) is 0 Å². The van der Waals surface area contributed by atoms with Crippen LogP contribution >= 0.6 is 11.6 Å². The van der Waals surface area contributed by atoms with Gasteiger partial charge in [-0.15, -0.1) is 0 Å². The summed E-state index contributed by atoms with van der Waals surface area (Å²) in [6.07, 6.45) is 6.63. The molecule has 0 aliphatic rings. The quantitative estimate of drug-likeness (QED) is 0.166. The molecule has 2 N–H and O–H groups in total. The molecule has 4 heterocycles. The number of aromatic nitrogens is 6.